The summed E-state index contributed by atoms with van der Waals surface area (Å²) in [6.45, 7) is 4.37. The quantitative estimate of drug-likeness (QED) is 0.774. The van der Waals surface area contributed by atoms with Crippen molar-refractivity contribution in [2.45, 2.75) is 38.9 Å². The van der Waals surface area contributed by atoms with Gasteiger partial charge in [0.15, 0.2) is 0 Å². The fraction of sp³-hybridized carbons (Fsp3) is 0.750. The highest BCUT2D eigenvalue weighted by atomic mass is 16.4. The Bertz CT molecular complexity index is 412. The first kappa shape index (κ1) is 13.6. The van der Waals surface area contributed by atoms with E-state index in [-0.39, 0.29) is 43.9 Å². The Morgan fingerprint density at radius 3 is 2.68 bits per heavy atom. The molecule has 2 atom stereocenters. The third kappa shape index (κ3) is 2.36. The first-order chi connectivity index (χ1) is 8.95. The van der Waals surface area contributed by atoms with Crippen LogP contribution >= 0.6 is 0 Å². The molecular formula is C12H19N3O4. The number of carboxylic acid groups (broad SMARTS) is 1. The van der Waals surface area contributed by atoms with E-state index in [1.165, 1.54) is 9.80 Å². The van der Waals surface area contributed by atoms with Crippen LogP contribution in [0.4, 0.5) is 4.79 Å². The second-order valence-corrected chi connectivity index (χ2v) is 5.03. The Morgan fingerprint density at radius 1 is 1.42 bits per heavy atom. The van der Waals surface area contributed by atoms with Crippen molar-refractivity contribution in [1.82, 2.24) is 14.7 Å². The van der Waals surface area contributed by atoms with Gasteiger partial charge in [0.25, 0.3) is 0 Å². The molecule has 0 aliphatic carbocycles. The number of fused-ring (bicyclic) bond motifs is 1. The van der Waals surface area contributed by atoms with Gasteiger partial charge in [-0.1, -0.05) is 6.92 Å². The molecule has 2 aliphatic heterocycles. The van der Waals surface area contributed by atoms with Crippen LogP contribution in [-0.4, -0.2) is 69.6 Å². The maximum absolute atomic E-state index is 12.0. The van der Waals surface area contributed by atoms with E-state index in [9.17, 15) is 19.5 Å². The average molecular weight is 269 g/mol. The summed E-state index contributed by atoms with van der Waals surface area (Å²) in [5, 5.41) is 9.20. The second kappa shape index (κ2) is 5.07. The van der Waals surface area contributed by atoms with Gasteiger partial charge in [0, 0.05) is 19.0 Å². The minimum Gasteiger partial charge on any atom is -0.465 e. The summed E-state index contributed by atoms with van der Waals surface area (Å²) in [6, 6.07) is 0.0577. The Kier molecular flexibility index (Phi) is 3.64. The van der Waals surface area contributed by atoms with Gasteiger partial charge in [-0.25, -0.2) is 4.79 Å². The second-order valence-electron chi connectivity index (χ2n) is 5.03. The summed E-state index contributed by atoms with van der Waals surface area (Å²) >= 11 is 0. The molecule has 2 aliphatic rings. The van der Waals surface area contributed by atoms with E-state index in [4.69, 9.17) is 0 Å². The highest BCUT2D eigenvalue weighted by Crippen LogP contribution is 2.23. The zero-order valence-electron chi connectivity index (χ0n) is 11.2. The summed E-state index contributed by atoms with van der Waals surface area (Å²) in [5.41, 5.74) is 0. The number of amides is 3. The molecule has 0 spiro atoms. The zero-order chi connectivity index (χ0) is 14.2. The number of hydrogen-bond donors (Lipinski definition) is 1. The zero-order valence-corrected chi connectivity index (χ0v) is 11.2. The van der Waals surface area contributed by atoms with E-state index < -0.39 is 12.3 Å². The third-order valence-electron chi connectivity index (χ3n) is 3.96. The molecule has 7 heteroatoms. The number of nitrogens with zero attached hydrogens (tertiary/aromatic N) is 3. The van der Waals surface area contributed by atoms with Gasteiger partial charge in [-0.05, 0) is 13.3 Å². The van der Waals surface area contributed by atoms with Crippen LogP contribution in [0.1, 0.15) is 26.7 Å². The van der Waals surface area contributed by atoms with Crippen LogP contribution in [0, 0.1) is 0 Å². The topological polar surface area (TPSA) is 81.2 Å². The van der Waals surface area contributed by atoms with Crippen LogP contribution in [0.5, 0.6) is 0 Å². The molecule has 0 radical (unpaired) electrons. The predicted octanol–water partition coefficient (Wildman–Crippen LogP) is 0.166. The van der Waals surface area contributed by atoms with Crippen LogP contribution in [0.3, 0.4) is 0 Å². The monoisotopic (exact) mass is 269 g/mol. The normalized spacial score (nSPS) is 25.4. The van der Waals surface area contributed by atoms with Crippen molar-refractivity contribution < 1.29 is 19.5 Å². The maximum atomic E-state index is 12.0. The van der Waals surface area contributed by atoms with Gasteiger partial charge < -0.3 is 14.9 Å². The van der Waals surface area contributed by atoms with E-state index in [2.05, 4.69) is 0 Å². The lowest BCUT2D eigenvalue weighted by Gasteiger charge is -2.49. The number of rotatable bonds is 2. The van der Waals surface area contributed by atoms with Gasteiger partial charge >= 0.3 is 6.09 Å². The predicted molar refractivity (Wildman–Crippen MR) is 66.3 cm³/mol. The van der Waals surface area contributed by atoms with Crippen molar-refractivity contribution in [2.24, 2.45) is 0 Å². The lowest BCUT2D eigenvalue weighted by Crippen LogP contribution is -2.68. The summed E-state index contributed by atoms with van der Waals surface area (Å²) in [6.07, 6.45) is -0.620. The maximum Gasteiger partial charge on any atom is 0.409 e. The van der Waals surface area contributed by atoms with Crippen molar-refractivity contribution in [2.75, 3.05) is 19.6 Å². The molecule has 19 heavy (non-hydrogen) atoms. The molecule has 0 aromatic carbocycles. The van der Waals surface area contributed by atoms with Crippen LogP contribution in [0.15, 0.2) is 0 Å². The van der Waals surface area contributed by atoms with E-state index in [1.54, 1.807) is 4.90 Å². The summed E-state index contributed by atoms with van der Waals surface area (Å²) in [4.78, 5) is 39.4. The number of piperazine rings is 1. The van der Waals surface area contributed by atoms with Crippen LogP contribution in [0.2, 0.25) is 0 Å². The molecule has 2 saturated heterocycles. The van der Waals surface area contributed by atoms with Crippen LogP contribution in [0.25, 0.3) is 0 Å². The molecule has 2 unspecified atom stereocenters. The fourth-order valence-electron chi connectivity index (χ4n) is 2.62. The molecular weight excluding hydrogens is 250 g/mol. The number of carbonyl (C=O) groups excluding carboxylic acids is 2. The van der Waals surface area contributed by atoms with E-state index in [0.717, 1.165) is 6.42 Å². The Labute approximate surface area is 111 Å². The first-order valence-corrected chi connectivity index (χ1v) is 6.54. The van der Waals surface area contributed by atoms with Gasteiger partial charge in [-0.2, -0.15) is 0 Å². The number of carbonyl (C=O) groups is 3. The molecule has 2 heterocycles. The summed E-state index contributed by atoms with van der Waals surface area (Å²) in [5.74, 6) is -0.245. The lowest BCUT2D eigenvalue weighted by molar-refractivity contribution is -0.161. The van der Waals surface area contributed by atoms with E-state index >= 15 is 0 Å². The van der Waals surface area contributed by atoms with Gasteiger partial charge in [0.1, 0.15) is 12.7 Å². The molecule has 2 fully saturated rings. The molecule has 0 aromatic heterocycles. The van der Waals surface area contributed by atoms with Gasteiger partial charge in [-0.15, -0.1) is 0 Å². The van der Waals surface area contributed by atoms with Crippen molar-refractivity contribution in [3.8, 4) is 0 Å². The largest absolute Gasteiger partial charge is 0.465 e. The van der Waals surface area contributed by atoms with E-state index in [1.807, 2.05) is 13.8 Å². The highest BCUT2D eigenvalue weighted by Gasteiger charge is 2.43. The molecule has 106 valence electrons. The SMILES string of the molecule is CCC(C)N1CC2N(C(=O)O)CCC(=O)N2CC1=O. The number of hydrogen-bond acceptors (Lipinski definition) is 3. The Morgan fingerprint density at radius 2 is 2.11 bits per heavy atom. The molecule has 0 aromatic rings. The van der Waals surface area contributed by atoms with Gasteiger partial charge in [0.2, 0.25) is 11.8 Å². The summed E-state index contributed by atoms with van der Waals surface area (Å²) in [7, 11) is 0. The third-order valence-corrected chi connectivity index (χ3v) is 3.96. The molecule has 3 amide bonds. The standard InChI is InChI=1S/C12H19N3O4/c1-3-8(2)14-6-9-13(12(18)19)5-4-10(16)15(9)7-11(14)17/h8-9H,3-7H2,1-2H3,(H,18,19). The smallest absolute Gasteiger partial charge is 0.409 e. The van der Waals surface area contributed by atoms with Crippen molar-refractivity contribution in [3.63, 3.8) is 0 Å². The molecule has 0 saturated carbocycles. The van der Waals surface area contributed by atoms with Crippen molar-refractivity contribution >= 4 is 17.9 Å². The van der Waals surface area contributed by atoms with Crippen LogP contribution < -0.4 is 0 Å². The minimum absolute atomic E-state index is 0.0163. The molecule has 1 N–H and O–H groups in total. The Balaban J connectivity index is 2.22. The highest BCUT2D eigenvalue weighted by molar-refractivity contribution is 5.88. The van der Waals surface area contributed by atoms with Gasteiger partial charge in [0.05, 0.1) is 6.54 Å². The fourth-order valence-corrected chi connectivity index (χ4v) is 2.62. The van der Waals surface area contributed by atoms with E-state index in [0.29, 0.717) is 0 Å². The van der Waals surface area contributed by atoms with Crippen molar-refractivity contribution in [3.05, 3.63) is 0 Å². The summed E-state index contributed by atoms with van der Waals surface area (Å²) < 4.78 is 0. The van der Waals surface area contributed by atoms with Crippen LogP contribution in [-0.2, 0) is 9.59 Å². The lowest BCUT2D eigenvalue weighted by atomic mass is 10.1. The van der Waals surface area contributed by atoms with Crippen molar-refractivity contribution in [1.29, 1.82) is 0 Å². The first-order valence-electron chi connectivity index (χ1n) is 6.54. The average Bonchev–Trinajstić information content (AvgIpc) is 2.38. The minimum atomic E-state index is -1.04. The molecule has 2 rings (SSSR count). The van der Waals surface area contributed by atoms with Gasteiger partial charge in [-0.3, -0.25) is 14.5 Å². The molecule has 0 bridgehead atoms. The molecule has 7 nitrogen and oxygen atoms in total. The Hall–Kier alpha value is -1.79.